The Morgan fingerprint density at radius 2 is 1.66 bits per heavy atom. The van der Waals surface area contributed by atoms with Crippen LogP contribution in [0.3, 0.4) is 0 Å². The van der Waals surface area contributed by atoms with Crippen LogP contribution in [0.25, 0.3) is 0 Å². The number of amides is 1. The molecule has 3 nitrogen and oxygen atoms in total. The fourth-order valence-corrected chi connectivity index (χ4v) is 6.81. The lowest BCUT2D eigenvalue weighted by molar-refractivity contribution is 0.102. The summed E-state index contributed by atoms with van der Waals surface area (Å²) in [4.78, 5) is 13.2. The van der Waals surface area contributed by atoms with Gasteiger partial charge in [0, 0.05) is 16.9 Å². The largest absolute Gasteiger partial charge is 0.378 e. The third-order valence-corrected chi connectivity index (χ3v) is 8.23. The molecule has 2 bridgehead atoms. The number of aryl methyl sites for hydroxylation is 2. The first-order chi connectivity index (χ1) is 15.6. The Balaban J connectivity index is 1.36. The van der Waals surface area contributed by atoms with Crippen LogP contribution in [0.5, 0.6) is 0 Å². The van der Waals surface area contributed by atoms with Gasteiger partial charge in [-0.2, -0.15) is 0 Å². The van der Waals surface area contributed by atoms with Gasteiger partial charge in [-0.1, -0.05) is 48.5 Å². The van der Waals surface area contributed by atoms with Crippen molar-refractivity contribution in [2.24, 2.45) is 17.8 Å². The highest BCUT2D eigenvalue weighted by molar-refractivity contribution is 6.05. The summed E-state index contributed by atoms with van der Waals surface area (Å²) in [7, 11) is 0. The number of fused-ring (bicyclic) bond motifs is 7. The van der Waals surface area contributed by atoms with Crippen molar-refractivity contribution in [2.75, 3.05) is 10.6 Å². The predicted molar refractivity (Wildman–Crippen MR) is 130 cm³/mol. The average molecular weight is 423 g/mol. The van der Waals surface area contributed by atoms with Crippen LogP contribution >= 0.6 is 0 Å². The van der Waals surface area contributed by atoms with Crippen LogP contribution in [0.2, 0.25) is 0 Å². The Bertz CT molecular complexity index is 1160. The van der Waals surface area contributed by atoms with Crippen LogP contribution in [0.4, 0.5) is 11.4 Å². The summed E-state index contributed by atoms with van der Waals surface area (Å²) in [5, 5.41) is 7.04. The van der Waals surface area contributed by atoms with E-state index in [1.54, 1.807) is 0 Å². The number of anilines is 2. The lowest BCUT2D eigenvalue weighted by Crippen LogP contribution is -2.35. The molecular formula is C29H30N2O. The fraction of sp³-hybridized carbons (Fsp3) is 0.345. The summed E-state index contributed by atoms with van der Waals surface area (Å²) in [6.45, 7) is 4.09. The second-order valence-corrected chi connectivity index (χ2v) is 9.99. The Morgan fingerprint density at radius 3 is 2.44 bits per heavy atom. The second-order valence-electron chi connectivity index (χ2n) is 9.99. The van der Waals surface area contributed by atoms with Gasteiger partial charge in [0.25, 0.3) is 5.91 Å². The Morgan fingerprint density at radius 1 is 0.906 bits per heavy atom. The summed E-state index contributed by atoms with van der Waals surface area (Å²) < 4.78 is 0. The molecule has 2 saturated carbocycles. The summed E-state index contributed by atoms with van der Waals surface area (Å²) in [6.07, 6.45) is 4.00. The van der Waals surface area contributed by atoms with Crippen molar-refractivity contribution < 1.29 is 4.79 Å². The Labute approximate surface area is 190 Å². The third kappa shape index (κ3) is 3.06. The van der Waals surface area contributed by atoms with Crippen molar-refractivity contribution >= 4 is 17.3 Å². The molecular weight excluding hydrogens is 392 g/mol. The lowest BCUT2D eigenvalue weighted by atomic mass is 9.68. The fourth-order valence-electron chi connectivity index (χ4n) is 6.81. The lowest BCUT2D eigenvalue weighted by Gasteiger charge is -2.43. The topological polar surface area (TPSA) is 41.1 Å². The van der Waals surface area contributed by atoms with E-state index in [9.17, 15) is 4.79 Å². The number of carbonyl (C=O) groups is 1. The number of rotatable bonds is 3. The molecule has 3 aliphatic rings. The molecule has 32 heavy (non-hydrogen) atoms. The molecule has 0 unspecified atom stereocenters. The monoisotopic (exact) mass is 422 g/mol. The van der Waals surface area contributed by atoms with Crippen LogP contribution in [0, 0.1) is 31.6 Å². The van der Waals surface area contributed by atoms with E-state index in [1.165, 1.54) is 36.1 Å². The molecule has 0 radical (unpaired) electrons. The SMILES string of the molecule is Cc1cccc(C)c1NC(=O)c1ccc2c(c1)[C@@H]1[C@H]3CC[C@@H](C3)[C@@H]1[C@H](c1ccccc1)N2. The maximum absolute atomic E-state index is 13.2. The molecule has 0 spiro atoms. The summed E-state index contributed by atoms with van der Waals surface area (Å²) >= 11 is 0. The van der Waals surface area contributed by atoms with Crippen LogP contribution in [0.15, 0.2) is 66.7 Å². The number of nitrogens with one attached hydrogen (secondary N) is 2. The standard InChI is InChI=1S/C29H30N2O/c1-17-7-6-8-18(2)27(17)31-29(32)22-13-14-24-23(16-22)25-20-11-12-21(15-20)26(25)28(30-24)19-9-4-3-5-10-19/h3-10,13-14,16,20-21,25-26,28,30H,11-12,15H2,1-2H3,(H,31,32)/t20-,21-,25-,26-,28-/m0/s1. The molecule has 1 heterocycles. The van der Waals surface area contributed by atoms with Gasteiger partial charge in [-0.3, -0.25) is 4.79 Å². The molecule has 3 aromatic carbocycles. The van der Waals surface area contributed by atoms with E-state index in [2.05, 4.69) is 53.1 Å². The predicted octanol–water partition coefficient (Wildman–Crippen LogP) is 6.85. The van der Waals surface area contributed by atoms with Gasteiger partial charge in [-0.15, -0.1) is 0 Å². The maximum atomic E-state index is 13.2. The van der Waals surface area contributed by atoms with Gasteiger partial charge in [-0.25, -0.2) is 0 Å². The normalized spacial score (nSPS) is 27.4. The zero-order chi connectivity index (χ0) is 21.8. The minimum Gasteiger partial charge on any atom is -0.378 e. The van der Waals surface area contributed by atoms with E-state index in [0.29, 0.717) is 17.9 Å². The molecule has 3 aromatic rings. The highest BCUT2D eigenvalue weighted by Crippen LogP contribution is 2.63. The van der Waals surface area contributed by atoms with Crippen LogP contribution in [0.1, 0.15) is 63.8 Å². The number of benzene rings is 3. The summed E-state index contributed by atoms with van der Waals surface area (Å²) in [5.41, 5.74) is 7.81. The summed E-state index contributed by atoms with van der Waals surface area (Å²) in [5.74, 6) is 2.66. The van der Waals surface area contributed by atoms with E-state index in [0.717, 1.165) is 34.2 Å². The molecule has 5 atom stereocenters. The van der Waals surface area contributed by atoms with Gasteiger partial charge in [-0.05, 0) is 97.2 Å². The van der Waals surface area contributed by atoms with Gasteiger partial charge in [0.2, 0.25) is 0 Å². The van der Waals surface area contributed by atoms with E-state index < -0.39 is 0 Å². The van der Waals surface area contributed by atoms with Crippen LogP contribution < -0.4 is 10.6 Å². The zero-order valence-corrected chi connectivity index (χ0v) is 18.8. The Kier molecular flexibility index (Phi) is 4.60. The van der Waals surface area contributed by atoms with Gasteiger partial charge in [0.1, 0.15) is 0 Å². The average Bonchev–Trinajstić information content (AvgIpc) is 3.44. The van der Waals surface area contributed by atoms with Crippen molar-refractivity contribution in [3.63, 3.8) is 0 Å². The minimum atomic E-state index is -0.0184. The van der Waals surface area contributed by atoms with Gasteiger partial charge in [0.15, 0.2) is 0 Å². The first-order valence-corrected chi connectivity index (χ1v) is 11.9. The molecule has 2 aliphatic carbocycles. The van der Waals surface area contributed by atoms with Gasteiger partial charge in [0.05, 0.1) is 6.04 Å². The third-order valence-electron chi connectivity index (χ3n) is 8.23. The van der Waals surface area contributed by atoms with E-state index in [-0.39, 0.29) is 5.91 Å². The van der Waals surface area contributed by atoms with Crippen molar-refractivity contribution in [1.29, 1.82) is 0 Å². The Hall–Kier alpha value is -3.07. The molecule has 2 fully saturated rings. The molecule has 0 aromatic heterocycles. The molecule has 1 amide bonds. The van der Waals surface area contributed by atoms with E-state index in [4.69, 9.17) is 0 Å². The smallest absolute Gasteiger partial charge is 0.255 e. The van der Waals surface area contributed by atoms with Gasteiger partial charge < -0.3 is 10.6 Å². The molecule has 1 aliphatic heterocycles. The number of carbonyl (C=O) groups excluding carboxylic acids is 1. The quantitative estimate of drug-likeness (QED) is 0.484. The number of hydrogen-bond donors (Lipinski definition) is 2. The summed E-state index contributed by atoms with van der Waals surface area (Å²) in [6, 6.07) is 23.7. The van der Waals surface area contributed by atoms with Crippen LogP contribution in [-0.4, -0.2) is 5.91 Å². The van der Waals surface area contributed by atoms with Gasteiger partial charge >= 0.3 is 0 Å². The van der Waals surface area contributed by atoms with E-state index >= 15 is 0 Å². The second kappa shape index (κ2) is 7.51. The van der Waals surface area contributed by atoms with Crippen molar-refractivity contribution in [3.8, 4) is 0 Å². The molecule has 2 N–H and O–H groups in total. The van der Waals surface area contributed by atoms with Crippen molar-refractivity contribution in [3.05, 3.63) is 94.5 Å². The maximum Gasteiger partial charge on any atom is 0.255 e. The molecule has 162 valence electrons. The molecule has 3 heteroatoms. The molecule has 6 rings (SSSR count). The molecule has 0 saturated heterocycles. The zero-order valence-electron chi connectivity index (χ0n) is 18.8. The van der Waals surface area contributed by atoms with Crippen molar-refractivity contribution in [1.82, 2.24) is 0 Å². The number of para-hydroxylation sites is 1. The van der Waals surface area contributed by atoms with E-state index in [1.807, 2.05) is 38.1 Å². The van der Waals surface area contributed by atoms with Crippen molar-refractivity contribution in [2.45, 2.75) is 45.1 Å². The minimum absolute atomic E-state index is 0.0184. The highest BCUT2D eigenvalue weighted by atomic mass is 16.1. The number of hydrogen-bond acceptors (Lipinski definition) is 2. The first-order valence-electron chi connectivity index (χ1n) is 11.9. The first kappa shape index (κ1) is 19.6. The highest BCUT2D eigenvalue weighted by Gasteiger charge is 2.53. The van der Waals surface area contributed by atoms with Crippen LogP contribution in [-0.2, 0) is 0 Å².